The summed E-state index contributed by atoms with van der Waals surface area (Å²) in [5.41, 5.74) is 0. The molecule has 0 heterocycles. The highest BCUT2D eigenvalue weighted by Gasteiger charge is 2.20. The maximum absolute atomic E-state index is 12.0. The standard InChI is InChI=1S/C12H16BrNO4S/c1-2-3-4-11(12(15)16)14-19(17,18)10-7-5-9(13)6-8-10/h5-8,11,14H,2-4H2,1H3,(H,15,16)/p-1/t11-/m1/s1. The molecule has 0 spiro atoms. The molecule has 0 unspecified atom stereocenters. The number of aliphatic carboxylic acids is 1. The first-order valence-corrected chi connectivity index (χ1v) is 8.13. The number of hydrogen-bond donors (Lipinski definition) is 1. The number of carboxylic acids is 1. The average Bonchev–Trinajstić information content (AvgIpc) is 2.34. The van der Waals surface area contributed by atoms with Gasteiger partial charge in [0.1, 0.15) is 0 Å². The van der Waals surface area contributed by atoms with E-state index in [2.05, 4.69) is 20.7 Å². The summed E-state index contributed by atoms with van der Waals surface area (Å²) >= 11 is 3.20. The van der Waals surface area contributed by atoms with Crippen LogP contribution in [-0.4, -0.2) is 20.4 Å². The van der Waals surface area contributed by atoms with Crippen molar-refractivity contribution in [3.63, 3.8) is 0 Å². The van der Waals surface area contributed by atoms with Crippen molar-refractivity contribution in [2.45, 2.75) is 37.1 Å². The van der Waals surface area contributed by atoms with Crippen LogP contribution in [0.4, 0.5) is 0 Å². The molecule has 0 aliphatic carbocycles. The molecule has 1 rings (SSSR count). The lowest BCUT2D eigenvalue weighted by molar-refractivity contribution is -0.308. The van der Waals surface area contributed by atoms with E-state index in [9.17, 15) is 18.3 Å². The first-order valence-electron chi connectivity index (χ1n) is 5.85. The van der Waals surface area contributed by atoms with Gasteiger partial charge in [0, 0.05) is 4.47 Å². The molecule has 1 atom stereocenters. The van der Waals surface area contributed by atoms with Crippen LogP contribution in [0.5, 0.6) is 0 Å². The maximum Gasteiger partial charge on any atom is 0.241 e. The van der Waals surface area contributed by atoms with Crippen LogP contribution in [0.25, 0.3) is 0 Å². The first kappa shape index (κ1) is 16.1. The average molecular weight is 349 g/mol. The summed E-state index contributed by atoms with van der Waals surface area (Å²) in [5, 5.41) is 10.9. The molecule has 1 N–H and O–H groups in total. The molecule has 0 radical (unpaired) electrons. The fourth-order valence-corrected chi connectivity index (χ4v) is 2.99. The molecular weight excluding hydrogens is 334 g/mol. The van der Waals surface area contributed by atoms with Gasteiger partial charge < -0.3 is 9.90 Å². The van der Waals surface area contributed by atoms with E-state index in [0.717, 1.165) is 10.9 Å². The number of sulfonamides is 1. The Bertz CT molecular complexity index is 527. The number of benzene rings is 1. The third-order valence-corrected chi connectivity index (χ3v) is 4.57. The van der Waals surface area contributed by atoms with Gasteiger partial charge in [-0.1, -0.05) is 35.7 Å². The molecule has 0 aliphatic heterocycles. The maximum atomic E-state index is 12.0. The van der Waals surface area contributed by atoms with Gasteiger partial charge in [0.05, 0.1) is 16.9 Å². The quantitative estimate of drug-likeness (QED) is 0.797. The molecule has 19 heavy (non-hydrogen) atoms. The van der Waals surface area contributed by atoms with E-state index in [4.69, 9.17) is 0 Å². The van der Waals surface area contributed by atoms with Gasteiger partial charge >= 0.3 is 0 Å². The Morgan fingerprint density at radius 3 is 2.42 bits per heavy atom. The lowest BCUT2D eigenvalue weighted by Crippen LogP contribution is -2.47. The predicted octanol–water partition coefficient (Wildman–Crippen LogP) is 1.04. The van der Waals surface area contributed by atoms with Crippen molar-refractivity contribution in [1.29, 1.82) is 0 Å². The van der Waals surface area contributed by atoms with E-state index >= 15 is 0 Å². The molecule has 1 aromatic carbocycles. The van der Waals surface area contributed by atoms with Crippen LogP contribution in [0.1, 0.15) is 26.2 Å². The van der Waals surface area contributed by atoms with Crippen molar-refractivity contribution in [1.82, 2.24) is 4.72 Å². The largest absolute Gasteiger partial charge is 0.548 e. The molecule has 0 fully saturated rings. The van der Waals surface area contributed by atoms with E-state index in [1.54, 1.807) is 12.1 Å². The fourth-order valence-electron chi connectivity index (χ4n) is 1.50. The zero-order chi connectivity index (χ0) is 14.5. The molecule has 5 nitrogen and oxygen atoms in total. The molecule has 0 aromatic heterocycles. The molecular formula is C12H15BrNO4S-. The molecule has 0 saturated carbocycles. The Labute approximate surface area is 121 Å². The summed E-state index contributed by atoms with van der Waals surface area (Å²) in [6, 6.07) is 4.76. The summed E-state index contributed by atoms with van der Waals surface area (Å²) in [4.78, 5) is 10.9. The van der Waals surface area contributed by atoms with Crippen molar-refractivity contribution in [2.24, 2.45) is 0 Å². The van der Waals surface area contributed by atoms with Crippen molar-refractivity contribution >= 4 is 31.9 Å². The van der Waals surface area contributed by atoms with E-state index in [1.165, 1.54) is 12.1 Å². The number of nitrogens with one attached hydrogen (secondary N) is 1. The van der Waals surface area contributed by atoms with E-state index in [1.807, 2.05) is 6.92 Å². The fraction of sp³-hybridized carbons (Fsp3) is 0.417. The van der Waals surface area contributed by atoms with Crippen LogP contribution in [0.2, 0.25) is 0 Å². The van der Waals surface area contributed by atoms with Crippen LogP contribution in [0.3, 0.4) is 0 Å². The van der Waals surface area contributed by atoms with Crippen molar-refractivity contribution in [3.05, 3.63) is 28.7 Å². The Morgan fingerprint density at radius 2 is 1.95 bits per heavy atom. The van der Waals surface area contributed by atoms with Gasteiger partial charge in [-0.3, -0.25) is 0 Å². The smallest absolute Gasteiger partial charge is 0.241 e. The predicted molar refractivity (Wildman–Crippen MR) is 72.8 cm³/mol. The Balaban J connectivity index is 2.87. The topological polar surface area (TPSA) is 86.3 Å². The molecule has 106 valence electrons. The van der Waals surface area contributed by atoms with Gasteiger partial charge in [0.2, 0.25) is 10.0 Å². The minimum Gasteiger partial charge on any atom is -0.548 e. The highest BCUT2D eigenvalue weighted by Crippen LogP contribution is 2.15. The zero-order valence-corrected chi connectivity index (χ0v) is 12.8. The number of hydrogen-bond acceptors (Lipinski definition) is 4. The Morgan fingerprint density at radius 1 is 1.37 bits per heavy atom. The van der Waals surface area contributed by atoms with Gasteiger partial charge in [0.25, 0.3) is 0 Å². The van der Waals surface area contributed by atoms with Gasteiger partial charge in [-0.25, -0.2) is 13.1 Å². The highest BCUT2D eigenvalue weighted by atomic mass is 79.9. The summed E-state index contributed by atoms with van der Waals surface area (Å²) in [6.45, 7) is 1.90. The summed E-state index contributed by atoms with van der Waals surface area (Å²) in [6.07, 6.45) is 1.61. The number of halogens is 1. The van der Waals surface area contributed by atoms with Crippen molar-refractivity contribution < 1.29 is 18.3 Å². The number of rotatable bonds is 7. The second-order valence-corrected chi connectivity index (χ2v) is 6.72. The molecule has 0 saturated heterocycles. The lowest BCUT2D eigenvalue weighted by atomic mass is 10.1. The highest BCUT2D eigenvalue weighted by molar-refractivity contribution is 9.10. The Hall–Kier alpha value is -0.920. The van der Waals surface area contributed by atoms with Crippen LogP contribution in [-0.2, 0) is 14.8 Å². The number of carboxylic acid groups (broad SMARTS) is 1. The van der Waals surface area contributed by atoms with Gasteiger partial charge in [-0.2, -0.15) is 0 Å². The van der Waals surface area contributed by atoms with Crippen LogP contribution < -0.4 is 9.83 Å². The van der Waals surface area contributed by atoms with Crippen LogP contribution in [0, 0.1) is 0 Å². The number of unbranched alkanes of at least 4 members (excludes halogenated alkanes) is 1. The summed E-state index contributed by atoms with van der Waals surface area (Å²) in [7, 11) is -3.84. The monoisotopic (exact) mass is 348 g/mol. The molecule has 7 heteroatoms. The minimum absolute atomic E-state index is 0.0263. The molecule has 0 bridgehead atoms. The number of carbonyl (C=O) groups is 1. The van der Waals surface area contributed by atoms with Crippen LogP contribution >= 0.6 is 15.9 Å². The second-order valence-electron chi connectivity index (χ2n) is 4.09. The number of carbonyl (C=O) groups excluding carboxylic acids is 1. The van der Waals surface area contributed by atoms with Gasteiger partial charge in [0.15, 0.2) is 0 Å². The minimum atomic E-state index is -3.84. The SMILES string of the molecule is CCCC[C@@H](NS(=O)(=O)c1ccc(Br)cc1)C(=O)[O-]. The van der Waals surface area contributed by atoms with Gasteiger partial charge in [-0.05, 0) is 30.7 Å². The zero-order valence-electron chi connectivity index (χ0n) is 10.4. The second kappa shape index (κ2) is 7.02. The van der Waals surface area contributed by atoms with E-state index in [-0.39, 0.29) is 11.3 Å². The van der Waals surface area contributed by atoms with E-state index < -0.39 is 22.0 Å². The third kappa shape index (κ3) is 4.93. The third-order valence-electron chi connectivity index (χ3n) is 2.55. The molecule has 0 aliphatic rings. The van der Waals surface area contributed by atoms with Crippen molar-refractivity contribution in [2.75, 3.05) is 0 Å². The summed E-state index contributed by atoms with van der Waals surface area (Å²) < 4.78 is 26.9. The summed E-state index contributed by atoms with van der Waals surface area (Å²) in [5.74, 6) is -1.41. The van der Waals surface area contributed by atoms with Gasteiger partial charge in [-0.15, -0.1) is 0 Å². The van der Waals surface area contributed by atoms with Crippen LogP contribution in [0.15, 0.2) is 33.6 Å². The molecule has 0 amide bonds. The Kier molecular flexibility index (Phi) is 5.96. The molecule has 1 aromatic rings. The first-order chi connectivity index (χ1) is 8.86. The van der Waals surface area contributed by atoms with E-state index in [0.29, 0.717) is 6.42 Å². The normalized spacial score (nSPS) is 13.2. The lowest BCUT2D eigenvalue weighted by Gasteiger charge is -2.19. The van der Waals surface area contributed by atoms with Crippen molar-refractivity contribution in [3.8, 4) is 0 Å².